The third-order valence-corrected chi connectivity index (χ3v) is 3.65. The maximum atomic E-state index is 11.8. The summed E-state index contributed by atoms with van der Waals surface area (Å²) in [7, 11) is 0. The van der Waals surface area contributed by atoms with Gasteiger partial charge >= 0.3 is 0 Å². The van der Waals surface area contributed by atoms with E-state index < -0.39 is 0 Å². The highest BCUT2D eigenvalue weighted by atomic mass is 35.5. The van der Waals surface area contributed by atoms with Gasteiger partial charge in [-0.1, -0.05) is 17.7 Å². The minimum atomic E-state index is -0.193. The van der Waals surface area contributed by atoms with Crippen LogP contribution in [-0.2, 0) is 0 Å². The molecule has 2 rings (SSSR count). The van der Waals surface area contributed by atoms with Crippen LogP contribution in [0, 0.1) is 0 Å². The number of carbonyl (C=O) groups excluding carboxylic acids is 1. The first kappa shape index (κ1) is 15.2. The van der Waals surface area contributed by atoms with Gasteiger partial charge in [-0.15, -0.1) is 0 Å². The average molecular weight is 298 g/mol. The van der Waals surface area contributed by atoms with Crippen molar-refractivity contribution in [1.82, 2.24) is 15.2 Å². The number of likely N-dealkylation sites (tertiary alicyclic amines) is 1. The first-order valence-corrected chi connectivity index (χ1v) is 7.34. The minimum Gasteiger partial charge on any atom is -0.393 e. The van der Waals surface area contributed by atoms with E-state index in [2.05, 4.69) is 15.2 Å². The van der Waals surface area contributed by atoms with E-state index in [0.29, 0.717) is 17.4 Å². The second-order valence-corrected chi connectivity index (χ2v) is 5.42. The van der Waals surface area contributed by atoms with E-state index in [1.807, 2.05) is 0 Å². The molecular formula is C14H20ClN3O2. The van der Waals surface area contributed by atoms with Gasteiger partial charge in [-0.25, -0.2) is 4.98 Å². The highest BCUT2D eigenvalue weighted by molar-refractivity contribution is 6.29. The normalized spacial score (nSPS) is 17.1. The summed E-state index contributed by atoms with van der Waals surface area (Å²) in [5.41, 5.74) is 0.346. The van der Waals surface area contributed by atoms with Crippen molar-refractivity contribution in [3.63, 3.8) is 0 Å². The molecule has 110 valence electrons. The van der Waals surface area contributed by atoms with Gasteiger partial charge in [-0.2, -0.15) is 0 Å². The molecule has 0 radical (unpaired) electrons. The summed E-state index contributed by atoms with van der Waals surface area (Å²) in [5, 5.41) is 12.6. The van der Waals surface area contributed by atoms with Crippen LogP contribution >= 0.6 is 11.6 Å². The van der Waals surface area contributed by atoms with E-state index in [4.69, 9.17) is 11.6 Å². The van der Waals surface area contributed by atoms with Gasteiger partial charge in [0.1, 0.15) is 10.8 Å². The first-order chi connectivity index (χ1) is 9.65. The third-order valence-electron chi connectivity index (χ3n) is 3.44. The summed E-state index contributed by atoms with van der Waals surface area (Å²) in [6.45, 7) is 3.43. The van der Waals surface area contributed by atoms with Crippen LogP contribution in [-0.4, -0.2) is 53.2 Å². The van der Waals surface area contributed by atoms with Crippen LogP contribution in [0.5, 0.6) is 0 Å². The molecule has 0 unspecified atom stereocenters. The van der Waals surface area contributed by atoms with Crippen molar-refractivity contribution in [3.05, 3.63) is 29.0 Å². The molecule has 0 bridgehead atoms. The Bertz CT molecular complexity index is 448. The number of hydrogen-bond donors (Lipinski definition) is 2. The molecule has 1 aromatic rings. The summed E-state index contributed by atoms with van der Waals surface area (Å²) in [4.78, 5) is 18.1. The zero-order valence-corrected chi connectivity index (χ0v) is 12.1. The Kier molecular flexibility index (Phi) is 5.76. The monoisotopic (exact) mass is 297 g/mol. The minimum absolute atomic E-state index is 0.139. The summed E-state index contributed by atoms with van der Waals surface area (Å²) in [6, 6.07) is 5.00. The van der Waals surface area contributed by atoms with E-state index in [9.17, 15) is 9.90 Å². The Morgan fingerprint density at radius 2 is 2.20 bits per heavy atom. The number of nitrogens with one attached hydrogen (secondary N) is 1. The number of hydrogen-bond acceptors (Lipinski definition) is 4. The lowest BCUT2D eigenvalue weighted by Gasteiger charge is -2.29. The second kappa shape index (κ2) is 7.57. The van der Waals surface area contributed by atoms with E-state index in [1.165, 1.54) is 0 Å². The Balaban J connectivity index is 1.64. The first-order valence-electron chi connectivity index (χ1n) is 6.96. The molecule has 0 saturated carbocycles. The summed E-state index contributed by atoms with van der Waals surface area (Å²) >= 11 is 5.75. The molecule has 0 aromatic carbocycles. The zero-order valence-electron chi connectivity index (χ0n) is 11.4. The number of amides is 1. The van der Waals surface area contributed by atoms with Crippen molar-refractivity contribution in [3.8, 4) is 0 Å². The van der Waals surface area contributed by atoms with E-state index in [-0.39, 0.29) is 12.0 Å². The molecule has 1 aliphatic heterocycles. The van der Waals surface area contributed by atoms with Crippen molar-refractivity contribution in [2.45, 2.75) is 25.4 Å². The molecule has 20 heavy (non-hydrogen) atoms. The smallest absolute Gasteiger partial charge is 0.269 e. The van der Waals surface area contributed by atoms with Gasteiger partial charge in [0, 0.05) is 19.6 Å². The number of carbonyl (C=O) groups is 1. The van der Waals surface area contributed by atoms with Crippen LogP contribution in [0.3, 0.4) is 0 Å². The van der Waals surface area contributed by atoms with Gasteiger partial charge in [-0.3, -0.25) is 4.79 Å². The van der Waals surface area contributed by atoms with Crippen molar-refractivity contribution < 1.29 is 9.90 Å². The predicted octanol–water partition coefficient (Wildman–Crippen LogP) is 1.31. The van der Waals surface area contributed by atoms with Crippen LogP contribution in [0.15, 0.2) is 18.2 Å². The van der Waals surface area contributed by atoms with Crippen LogP contribution in [0.1, 0.15) is 29.8 Å². The number of piperidine rings is 1. The molecule has 1 fully saturated rings. The molecule has 0 atom stereocenters. The highest BCUT2D eigenvalue weighted by Crippen LogP contribution is 2.09. The molecule has 5 nitrogen and oxygen atoms in total. The average Bonchev–Trinajstić information content (AvgIpc) is 2.45. The van der Waals surface area contributed by atoms with Gasteiger partial charge < -0.3 is 15.3 Å². The van der Waals surface area contributed by atoms with Crippen molar-refractivity contribution in [1.29, 1.82) is 0 Å². The van der Waals surface area contributed by atoms with Crippen LogP contribution in [0.4, 0.5) is 0 Å². The lowest BCUT2D eigenvalue weighted by Crippen LogP contribution is -2.37. The Morgan fingerprint density at radius 1 is 1.45 bits per heavy atom. The van der Waals surface area contributed by atoms with Gasteiger partial charge in [0.05, 0.1) is 6.10 Å². The highest BCUT2D eigenvalue weighted by Gasteiger charge is 2.16. The number of halogens is 1. The Labute approximate surface area is 123 Å². The molecule has 0 aliphatic carbocycles. The Hall–Kier alpha value is -1.17. The molecule has 1 amide bonds. The maximum Gasteiger partial charge on any atom is 0.269 e. The molecule has 1 saturated heterocycles. The zero-order chi connectivity index (χ0) is 14.4. The maximum absolute atomic E-state index is 11.8. The summed E-state index contributed by atoms with van der Waals surface area (Å²) in [6.07, 6.45) is 2.44. The largest absolute Gasteiger partial charge is 0.393 e. The van der Waals surface area contributed by atoms with Gasteiger partial charge in [0.25, 0.3) is 5.91 Å². The van der Waals surface area contributed by atoms with Gasteiger partial charge in [0.2, 0.25) is 0 Å². The number of aliphatic hydroxyl groups excluding tert-OH is 1. The van der Waals surface area contributed by atoms with Crippen molar-refractivity contribution >= 4 is 17.5 Å². The number of pyridine rings is 1. The van der Waals surface area contributed by atoms with E-state index in [1.54, 1.807) is 18.2 Å². The number of rotatable bonds is 5. The molecule has 2 heterocycles. The van der Waals surface area contributed by atoms with E-state index >= 15 is 0 Å². The van der Waals surface area contributed by atoms with Crippen molar-refractivity contribution in [2.24, 2.45) is 0 Å². The third kappa shape index (κ3) is 4.74. The molecule has 0 spiro atoms. The fraction of sp³-hybridized carbons (Fsp3) is 0.571. The molecule has 1 aliphatic rings. The topological polar surface area (TPSA) is 65.5 Å². The van der Waals surface area contributed by atoms with Crippen LogP contribution in [0.25, 0.3) is 0 Å². The lowest BCUT2D eigenvalue weighted by atomic mass is 10.1. The van der Waals surface area contributed by atoms with Gasteiger partial charge in [0.15, 0.2) is 0 Å². The fourth-order valence-corrected chi connectivity index (χ4v) is 2.44. The second-order valence-electron chi connectivity index (χ2n) is 5.03. The SMILES string of the molecule is O=C(NCCCN1CCC(O)CC1)c1cccc(Cl)n1. The Morgan fingerprint density at radius 3 is 2.90 bits per heavy atom. The van der Waals surface area contributed by atoms with Crippen LogP contribution < -0.4 is 5.32 Å². The van der Waals surface area contributed by atoms with Crippen molar-refractivity contribution in [2.75, 3.05) is 26.2 Å². The summed E-state index contributed by atoms with van der Waals surface area (Å²) in [5.74, 6) is -0.193. The molecule has 1 aromatic heterocycles. The molecular weight excluding hydrogens is 278 g/mol. The predicted molar refractivity (Wildman–Crippen MR) is 77.9 cm³/mol. The quantitative estimate of drug-likeness (QED) is 0.635. The standard InChI is InChI=1S/C14H20ClN3O2/c15-13-4-1-3-12(17-13)14(20)16-7-2-8-18-9-5-11(19)6-10-18/h1,3-4,11,19H,2,5-10H2,(H,16,20). The van der Waals surface area contributed by atoms with Crippen LogP contribution in [0.2, 0.25) is 5.15 Å². The molecule has 2 N–H and O–H groups in total. The van der Waals surface area contributed by atoms with Gasteiger partial charge in [-0.05, 0) is 37.9 Å². The fourth-order valence-electron chi connectivity index (χ4n) is 2.27. The number of nitrogens with zero attached hydrogens (tertiary/aromatic N) is 2. The number of aliphatic hydroxyl groups is 1. The molecule has 6 heteroatoms. The lowest BCUT2D eigenvalue weighted by molar-refractivity contribution is 0.0816. The van der Waals surface area contributed by atoms with E-state index in [0.717, 1.165) is 38.9 Å². The summed E-state index contributed by atoms with van der Waals surface area (Å²) < 4.78 is 0. The number of aromatic nitrogens is 1.